The van der Waals surface area contributed by atoms with Crippen LogP contribution in [0.2, 0.25) is 0 Å². The van der Waals surface area contributed by atoms with Crippen LogP contribution in [0.1, 0.15) is 12.8 Å². The number of nitrogens with zero attached hydrogens (tertiary/aromatic N) is 1. The van der Waals surface area contributed by atoms with E-state index in [1.54, 1.807) is 4.90 Å². The third kappa shape index (κ3) is 3.60. The van der Waals surface area contributed by atoms with Gasteiger partial charge in [-0.3, -0.25) is 5.43 Å². The number of amides is 2. The number of hydrogen-bond acceptors (Lipinski definition) is 3. The van der Waals surface area contributed by atoms with E-state index >= 15 is 0 Å². The van der Waals surface area contributed by atoms with E-state index in [0.717, 1.165) is 19.1 Å². The van der Waals surface area contributed by atoms with Crippen LogP contribution >= 0.6 is 0 Å². The summed E-state index contributed by atoms with van der Waals surface area (Å²) >= 11 is 0. The maximum absolute atomic E-state index is 11.2. The number of hydrogen-bond donors (Lipinski definition) is 2. The van der Waals surface area contributed by atoms with Crippen LogP contribution in [0.4, 0.5) is 4.79 Å². The van der Waals surface area contributed by atoms with Crippen molar-refractivity contribution in [3.8, 4) is 0 Å². The summed E-state index contributed by atoms with van der Waals surface area (Å²) in [5.74, 6) is 0. The van der Waals surface area contributed by atoms with Gasteiger partial charge in [0.25, 0.3) is 0 Å². The fraction of sp³-hybridized carbons (Fsp3) is 0.833. The molecule has 13 heavy (non-hydrogen) atoms. The van der Waals surface area contributed by atoms with Gasteiger partial charge in [0.05, 0.1) is 6.26 Å². The Kier molecular flexibility index (Phi) is 3.10. The smallest absolute Gasteiger partial charge is 0.324 e. The molecule has 0 saturated carbocycles. The van der Waals surface area contributed by atoms with E-state index in [0.29, 0.717) is 13.1 Å². The fourth-order valence-corrected chi connectivity index (χ4v) is 1.41. The molecule has 1 fully saturated rings. The lowest BCUT2D eigenvalue weighted by Gasteiger charge is -2.15. The molecule has 2 amide bonds. The van der Waals surface area contributed by atoms with Gasteiger partial charge >= 0.3 is 6.03 Å². The minimum absolute atomic E-state index is 0.386. The number of carbonyl (C=O) groups excluding carboxylic acids is 1. The summed E-state index contributed by atoms with van der Waals surface area (Å²) in [6.45, 7) is 1.38. The zero-order chi connectivity index (χ0) is 9.90. The second-order valence-electron chi connectivity index (χ2n) is 3.00. The number of sulfonamides is 1. The molecule has 76 valence electrons. The van der Waals surface area contributed by atoms with E-state index in [9.17, 15) is 13.2 Å². The van der Waals surface area contributed by atoms with Crippen LogP contribution in [0.25, 0.3) is 0 Å². The monoisotopic (exact) mass is 207 g/mol. The number of likely N-dealkylation sites (tertiary alicyclic amines) is 1. The molecule has 0 bridgehead atoms. The second-order valence-corrected chi connectivity index (χ2v) is 4.75. The molecule has 1 aliphatic heterocycles. The van der Waals surface area contributed by atoms with E-state index < -0.39 is 10.0 Å². The SMILES string of the molecule is CS(=O)(=O)NNC(=O)N1CCCC1. The molecule has 2 N–H and O–H groups in total. The van der Waals surface area contributed by atoms with E-state index in [1.165, 1.54) is 0 Å². The van der Waals surface area contributed by atoms with Gasteiger partial charge in [-0.15, -0.1) is 4.83 Å². The molecule has 7 heteroatoms. The molecule has 1 aliphatic rings. The van der Waals surface area contributed by atoms with E-state index in [1.807, 2.05) is 4.83 Å². The summed E-state index contributed by atoms with van der Waals surface area (Å²) in [5, 5.41) is 0. The van der Waals surface area contributed by atoms with Gasteiger partial charge in [0, 0.05) is 13.1 Å². The molecule has 0 radical (unpaired) electrons. The van der Waals surface area contributed by atoms with Crippen molar-refractivity contribution in [2.45, 2.75) is 12.8 Å². The van der Waals surface area contributed by atoms with Crippen molar-refractivity contribution in [3.05, 3.63) is 0 Å². The van der Waals surface area contributed by atoms with Gasteiger partial charge in [0.2, 0.25) is 10.0 Å². The van der Waals surface area contributed by atoms with Crippen LogP contribution in [0, 0.1) is 0 Å². The molecule has 1 heterocycles. The van der Waals surface area contributed by atoms with E-state index in [4.69, 9.17) is 0 Å². The van der Waals surface area contributed by atoms with Gasteiger partial charge in [-0.25, -0.2) is 13.2 Å². The number of carbonyl (C=O) groups is 1. The first-order chi connectivity index (χ1) is 5.99. The molecule has 6 nitrogen and oxygen atoms in total. The van der Waals surface area contributed by atoms with Crippen LogP contribution in [0.5, 0.6) is 0 Å². The molecule has 0 aliphatic carbocycles. The zero-order valence-electron chi connectivity index (χ0n) is 7.41. The summed E-state index contributed by atoms with van der Waals surface area (Å²) in [4.78, 5) is 14.7. The minimum atomic E-state index is -3.36. The Bertz CT molecular complexity index is 281. The first-order valence-electron chi connectivity index (χ1n) is 4.01. The second kappa shape index (κ2) is 3.93. The number of rotatable bonds is 2. The first kappa shape index (κ1) is 10.3. The highest BCUT2D eigenvalue weighted by Crippen LogP contribution is 2.06. The van der Waals surface area contributed by atoms with Crippen LogP contribution in [-0.4, -0.2) is 38.7 Å². The quantitative estimate of drug-likeness (QED) is 0.585. The summed E-state index contributed by atoms with van der Waals surface area (Å²) in [7, 11) is -3.36. The highest BCUT2D eigenvalue weighted by atomic mass is 32.2. The van der Waals surface area contributed by atoms with Gasteiger partial charge < -0.3 is 4.90 Å². The Morgan fingerprint density at radius 3 is 2.31 bits per heavy atom. The molecule has 1 saturated heterocycles. The molecule has 1 rings (SSSR count). The van der Waals surface area contributed by atoms with Gasteiger partial charge in [-0.05, 0) is 12.8 Å². The lowest BCUT2D eigenvalue weighted by atomic mass is 10.4. The fourth-order valence-electron chi connectivity index (χ4n) is 1.14. The summed E-state index contributed by atoms with van der Waals surface area (Å²) < 4.78 is 21.2. The van der Waals surface area contributed by atoms with Gasteiger partial charge in [-0.1, -0.05) is 0 Å². The lowest BCUT2D eigenvalue weighted by molar-refractivity contribution is 0.207. The Morgan fingerprint density at radius 2 is 1.85 bits per heavy atom. The number of hydrazine groups is 1. The Hall–Kier alpha value is -0.820. The highest BCUT2D eigenvalue weighted by molar-refractivity contribution is 7.88. The molecule has 0 aromatic carbocycles. The van der Waals surface area contributed by atoms with E-state index in [2.05, 4.69) is 5.43 Å². The molecule has 0 aromatic rings. The van der Waals surface area contributed by atoms with Crippen molar-refractivity contribution in [3.63, 3.8) is 0 Å². The van der Waals surface area contributed by atoms with Crippen molar-refractivity contribution in [1.29, 1.82) is 0 Å². The Morgan fingerprint density at radius 1 is 1.31 bits per heavy atom. The molecule has 0 atom stereocenters. The van der Waals surface area contributed by atoms with Gasteiger partial charge in [-0.2, -0.15) is 0 Å². The maximum Gasteiger partial charge on any atom is 0.332 e. The van der Waals surface area contributed by atoms with Crippen molar-refractivity contribution in [2.24, 2.45) is 0 Å². The van der Waals surface area contributed by atoms with E-state index in [-0.39, 0.29) is 6.03 Å². The summed E-state index contributed by atoms with van der Waals surface area (Å²) in [5.41, 5.74) is 2.11. The first-order valence-corrected chi connectivity index (χ1v) is 5.90. The Balaban J connectivity index is 2.33. The normalized spacial score (nSPS) is 17.5. The van der Waals surface area contributed by atoms with Gasteiger partial charge in [0.1, 0.15) is 0 Å². The van der Waals surface area contributed by atoms with Crippen molar-refractivity contribution < 1.29 is 13.2 Å². The summed E-state index contributed by atoms with van der Waals surface area (Å²) in [6, 6.07) is -0.386. The standard InChI is InChI=1S/C6H13N3O3S/c1-13(11,12)8-7-6(10)9-4-2-3-5-9/h8H,2-5H2,1H3,(H,7,10). The molecule has 0 spiro atoms. The zero-order valence-corrected chi connectivity index (χ0v) is 8.23. The Labute approximate surface area is 77.3 Å². The molecule has 0 unspecified atom stereocenters. The maximum atomic E-state index is 11.2. The van der Waals surface area contributed by atoms with Gasteiger partial charge in [0.15, 0.2) is 0 Å². The molecular formula is C6H13N3O3S. The topological polar surface area (TPSA) is 78.5 Å². The van der Waals surface area contributed by atoms with Crippen molar-refractivity contribution >= 4 is 16.1 Å². The lowest BCUT2D eigenvalue weighted by Crippen LogP contribution is -2.47. The third-order valence-electron chi connectivity index (χ3n) is 1.74. The predicted molar refractivity (Wildman–Crippen MR) is 47.3 cm³/mol. The average molecular weight is 207 g/mol. The average Bonchev–Trinajstić information content (AvgIpc) is 2.50. The minimum Gasteiger partial charge on any atom is -0.324 e. The van der Waals surface area contributed by atoms with Crippen molar-refractivity contribution in [1.82, 2.24) is 15.2 Å². The highest BCUT2D eigenvalue weighted by Gasteiger charge is 2.17. The predicted octanol–water partition coefficient (Wildman–Crippen LogP) is -0.744. The van der Waals surface area contributed by atoms with Crippen molar-refractivity contribution in [2.75, 3.05) is 19.3 Å². The number of urea groups is 1. The number of nitrogens with one attached hydrogen (secondary N) is 2. The molecule has 0 aromatic heterocycles. The van der Waals surface area contributed by atoms with Crippen LogP contribution in [-0.2, 0) is 10.0 Å². The largest absolute Gasteiger partial charge is 0.332 e. The van der Waals surface area contributed by atoms with Crippen LogP contribution < -0.4 is 10.3 Å². The van der Waals surface area contributed by atoms with Crippen LogP contribution in [0.3, 0.4) is 0 Å². The third-order valence-corrected chi connectivity index (χ3v) is 2.21. The van der Waals surface area contributed by atoms with Crippen LogP contribution in [0.15, 0.2) is 0 Å². The molecular weight excluding hydrogens is 194 g/mol. The summed E-state index contributed by atoms with van der Waals surface area (Å²) in [6.07, 6.45) is 2.94.